The minimum atomic E-state index is -0.166. The number of likely N-dealkylation sites (tertiary alicyclic amines) is 1. The number of benzene rings is 2. The van der Waals surface area contributed by atoms with Gasteiger partial charge in [0.15, 0.2) is 0 Å². The number of hydrogen-bond acceptors (Lipinski definition) is 2. The Bertz CT molecular complexity index is 617. The van der Waals surface area contributed by atoms with E-state index in [0.717, 1.165) is 23.1 Å². The van der Waals surface area contributed by atoms with Crippen LogP contribution in [0.4, 0.5) is 4.39 Å². The molecule has 2 nitrogen and oxygen atoms in total. The largest absolute Gasteiger partial charge is 0.326 e. The van der Waals surface area contributed by atoms with Crippen molar-refractivity contribution < 1.29 is 4.39 Å². The summed E-state index contributed by atoms with van der Waals surface area (Å²) in [5, 5.41) is 0. The van der Waals surface area contributed by atoms with Crippen LogP contribution in [0.1, 0.15) is 17.0 Å². The number of nitrogens with two attached hydrogens (primary N) is 1. The first-order valence-electron chi connectivity index (χ1n) is 7.10. The highest BCUT2D eigenvalue weighted by Crippen LogP contribution is 2.28. The number of hydrogen-bond donors (Lipinski definition) is 1. The molecule has 2 aromatic rings. The number of halogens is 2. The summed E-state index contributed by atoms with van der Waals surface area (Å²) in [6.45, 7) is 2.28. The van der Waals surface area contributed by atoms with Crippen LogP contribution in [-0.2, 0) is 6.54 Å². The molecule has 2 atom stereocenters. The van der Waals surface area contributed by atoms with Crippen molar-refractivity contribution in [3.63, 3.8) is 0 Å². The predicted octanol–water partition coefficient (Wildman–Crippen LogP) is 3.51. The van der Waals surface area contributed by atoms with Gasteiger partial charge in [-0.1, -0.05) is 52.3 Å². The summed E-state index contributed by atoms with van der Waals surface area (Å²) in [7, 11) is 0. The zero-order chi connectivity index (χ0) is 14.8. The van der Waals surface area contributed by atoms with Crippen LogP contribution in [0.25, 0.3) is 0 Å². The van der Waals surface area contributed by atoms with Crippen LogP contribution in [0.15, 0.2) is 53.0 Å². The first-order chi connectivity index (χ1) is 10.1. The van der Waals surface area contributed by atoms with E-state index in [1.807, 2.05) is 30.3 Å². The van der Waals surface area contributed by atoms with Gasteiger partial charge in [0.2, 0.25) is 0 Å². The van der Waals surface area contributed by atoms with Gasteiger partial charge in [-0.3, -0.25) is 4.90 Å². The van der Waals surface area contributed by atoms with E-state index >= 15 is 0 Å². The van der Waals surface area contributed by atoms with E-state index in [2.05, 4.69) is 33.0 Å². The molecule has 3 rings (SSSR count). The monoisotopic (exact) mass is 348 g/mol. The van der Waals surface area contributed by atoms with Crippen molar-refractivity contribution in [1.29, 1.82) is 0 Å². The maximum absolute atomic E-state index is 13.9. The highest BCUT2D eigenvalue weighted by molar-refractivity contribution is 9.10. The maximum atomic E-state index is 13.9. The molecule has 0 bridgehead atoms. The van der Waals surface area contributed by atoms with E-state index in [-0.39, 0.29) is 11.9 Å². The zero-order valence-corrected chi connectivity index (χ0v) is 13.3. The molecule has 1 heterocycles. The minimum Gasteiger partial charge on any atom is -0.326 e. The van der Waals surface area contributed by atoms with Crippen molar-refractivity contribution in [3.8, 4) is 0 Å². The second-order valence-electron chi connectivity index (χ2n) is 5.61. The van der Waals surface area contributed by atoms with Gasteiger partial charge in [-0.2, -0.15) is 0 Å². The van der Waals surface area contributed by atoms with Crippen LogP contribution in [0, 0.1) is 5.82 Å². The highest BCUT2D eigenvalue weighted by atomic mass is 79.9. The third-order valence-electron chi connectivity index (χ3n) is 4.08. The summed E-state index contributed by atoms with van der Waals surface area (Å²) in [6, 6.07) is 15.7. The summed E-state index contributed by atoms with van der Waals surface area (Å²) in [5.41, 5.74) is 8.26. The topological polar surface area (TPSA) is 29.3 Å². The van der Waals surface area contributed by atoms with Gasteiger partial charge in [0.05, 0.1) is 0 Å². The lowest BCUT2D eigenvalue weighted by Crippen LogP contribution is -2.28. The second-order valence-corrected chi connectivity index (χ2v) is 6.53. The molecule has 1 aliphatic rings. The van der Waals surface area contributed by atoms with Crippen LogP contribution in [0.3, 0.4) is 0 Å². The van der Waals surface area contributed by atoms with Gasteiger partial charge in [-0.25, -0.2) is 4.39 Å². The fourth-order valence-electron chi connectivity index (χ4n) is 2.99. The maximum Gasteiger partial charge on any atom is 0.128 e. The Balaban J connectivity index is 1.71. The van der Waals surface area contributed by atoms with Crippen LogP contribution < -0.4 is 5.73 Å². The van der Waals surface area contributed by atoms with E-state index in [1.54, 1.807) is 0 Å². The lowest BCUT2D eigenvalue weighted by atomic mass is 9.95. The predicted molar refractivity (Wildman–Crippen MR) is 86.5 cm³/mol. The fourth-order valence-corrected chi connectivity index (χ4v) is 3.32. The van der Waals surface area contributed by atoms with Gasteiger partial charge < -0.3 is 5.73 Å². The summed E-state index contributed by atoms with van der Waals surface area (Å²) >= 11 is 3.29. The average Bonchev–Trinajstić information content (AvgIpc) is 2.84. The van der Waals surface area contributed by atoms with Crippen molar-refractivity contribution in [2.75, 3.05) is 13.1 Å². The minimum absolute atomic E-state index is 0.103. The third-order valence-corrected chi connectivity index (χ3v) is 4.57. The Morgan fingerprint density at radius 3 is 2.62 bits per heavy atom. The second kappa shape index (κ2) is 6.26. The van der Waals surface area contributed by atoms with Crippen LogP contribution in [0.5, 0.6) is 0 Å². The smallest absolute Gasteiger partial charge is 0.128 e. The first-order valence-corrected chi connectivity index (χ1v) is 7.89. The van der Waals surface area contributed by atoms with E-state index in [0.29, 0.717) is 12.5 Å². The molecule has 4 heteroatoms. The molecular weight excluding hydrogens is 331 g/mol. The van der Waals surface area contributed by atoms with E-state index < -0.39 is 0 Å². The molecule has 1 saturated heterocycles. The molecule has 0 radical (unpaired) electrons. The molecule has 1 aliphatic heterocycles. The molecule has 2 aromatic carbocycles. The van der Waals surface area contributed by atoms with Crippen LogP contribution in [0.2, 0.25) is 0 Å². The zero-order valence-electron chi connectivity index (χ0n) is 11.7. The van der Waals surface area contributed by atoms with Gasteiger partial charge in [0, 0.05) is 41.6 Å². The van der Waals surface area contributed by atoms with Crippen LogP contribution >= 0.6 is 15.9 Å². The van der Waals surface area contributed by atoms with Crippen molar-refractivity contribution in [2.45, 2.75) is 18.5 Å². The van der Waals surface area contributed by atoms with Crippen LogP contribution in [-0.4, -0.2) is 24.0 Å². The summed E-state index contributed by atoms with van der Waals surface area (Å²) < 4.78 is 14.7. The van der Waals surface area contributed by atoms with E-state index in [9.17, 15) is 4.39 Å². The Kier molecular flexibility index (Phi) is 4.38. The van der Waals surface area contributed by atoms with Crippen molar-refractivity contribution in [2.24, 2.45) is 5.73 Å². The van der Waals surface area contributed by atoms with Gasteiger partial charge in [0.25, 0.3) is 0 Å². The Morgan fingerprint density at radius 1 is 1.14 bits per heavy atom. The molecule has 0 saturated carbocycles. The molecule has 0 amide bonds. The van der Waals surface area contributed by atoms with Gasteiger partial charge in [0.1, 0.15) is 5.82 Å². The Hall–Kier alpha value is -1.23. The van der Waals surface area contributed by atoms with E-state index in [4.69, 9.17) is 5.73 Å². The molecule has 110 valence electrons. The third kappa shape index (κ3) is 3.34. The quantitative estimate of drug-likeness (QED) is 0.919. The SMILES string of the molecule is N[C@@H]1CN(Cc2ccc(Br)cc2F)C[C@H]1c1ccccc1. The van der Waals surface area contributed by atoms with Gasteiger partial charge in [-0.05, 0) is 17.7 Å². The number of nitrogens with zero attached hydrogens (tertiary/aromatic N) is 1. The average molecular weight is 349 g/mol. The highest BCUT2D eigenvalue weighted by Gasteiger charge is 2.31. The van der Waals surface area contributed by atoms with E-state index in [1.165, 1.54) is 11.6 Å². The Labute approximate surface area is 132 Å². The van der Waals surface area contributed by atoms with Gasteiger partial charge in [-0.15, -0.1) is 0 Å². The lowest BCUT2D eigenvalue weighted by molar-refractivity contribution is 0.318. The lowest BCUT2D eigenvalue weighted by Gasteiger charge is -2.16. The summed E-state index contributed by atoms with van der Waals surface area (Å²) in [6.07, 6.45) is 0. The molecule has 2 N–H and O–H groups in total. The molecule has 0 aliphatic carbocycles. The molecule has 0 aromatic heterocycles. The molecule has 21 heavy (non-hydrogen) atoms. The number of rotatable bonds is 3. The molecule has 0 spiro atoms. The first kappa shape index (κ1) is 14.7. The summed E-state index contributed by atoms with van der Waals surface area (Å²) in [4.78, 5) is 2.23. The normalized spacial score (nSPS) is 22.6. The fraction of sp³-hybridized carbons (Fsp3) is 0.294. The van der Waals surface area contributed by atoms with Crippen molar-refractivity contribution in [3.05, 3.63) is 69.9 Å². The van der Waals surface area contributed by atoms with Gasteiger partial charge >= 0.3 is 0 Å². The van der Waals surface area contributed by atoms with Crippen molar-refractivity contribution in [1.82, 2.24) is 4.90 Å². The summed E-state index contributed by atoms with van der Waals surface area (Å²) in [5.74, 6) is 0.158. The molecular formula is C17H18BrFN2. The molecule has 1 fully saturated rings. The molecule has 0 unspecified atom stereocenters. The van der Waals surface area contributed by atoms with Crippen molar-refractivity contribution >= 4 is 15.9 Å². The standard InChI is InChI=1S/C17H18BrFN2/c18-14-7-6-13(16(19)8-14)9-21-10-15(17(20)11-21)12-4-2-1-3-5-12/h1-8,15,17H,9-11,20H2/t15-,17+/m0/s1. The Morgan fingerprint density at radius 2 is 1.90 bits per heavy atom.